The van der Waals surface area contributed by atoms with Gasteiger partial charge >= 0.3 is 6.18 Å². The van der Waals surface area contributed by atoms with Crippen LogP contribution in [0.2, 0.25) is 0 Å². The second kappa shape index (κ2) is 7.53. The average molecular weight is 370 g/mol. The van der Waals surface area contributed by atoms with Crippen molar-refractivity contribution >= 4 is 21.8 Å². The van der Waals surface area contributed by atoms with Crippen molar-refractivity contribution in [2.75, 3.05) is 32.6 Å². The minimum absolute atomic E-state index is 0.0206. The summed E-state index contributed by atoms with van der Waals surface area (Å²) in [4.78, 5) is 13.1. The third-order valence-corrected chi connectivity index (χ3v) is 3.01. The highest BCUT2D eigenvalue weighted by Gasteiger charge is 2.34. The van der Waals surface area contributed by atoms with Gasteiger partial charge in [0, 0.05) is 11.9 Å². The van der Waals surface area contributed by atoms with E-state index in [1.807, 2.05) is 0 Å². The van der Waals surface area contributed by atoms with Crippen molar-refractivity contribution in [2.24, 2.45) is 0 Å². The maximum atomic E-state index is 12.6. The van der Waals surface area contributed by atoms with Gasteiger partial charge in [-0.25, -0.2) is 0 Å². The van der Waals surface area contributed by atoms with Crippen LogP contribution in [-0.2, 0) is 0 Å². The van der Waals surface area contributed by atoms with Crippen LogP contribution < -0.4 is 9.47 Å². The first-order valence-corrected chi connectivity index (χ1v) is 7.09. The number of benzene rings is 1. The van der Waals surface area contributed by atoms with E-state index in [0.717, 1.165) is 0 Å². The molecule has 0 unspecified atom stereocenters. The molecule has 0 aliphatic rings. The molecule has 0 bridgehead atoms. The van der Waals surface area contributed by atoms with Crippen molar-refractivity contribution in [3.05, 3.63) is 23.8 Å². The van der Waals surface area contributed by atoms with Gasteiger partial charge in [0.15, 0.2) is 0 Å². The first-order valence-electron chi connectivity index (χ1n) is 5.97. The van der Waals surface area contributed by atoms with E-state index in [2.05, 4.69) is 15.9 Å². The Morgan fingerprint density at radius 3 is 2.14 bits per heavy atom. The molecule has 0 fully saturated rings. The number of ether oxygens (including phenoxy) is 2. The van der Waals surface area contributed by atoms with Gasteiger partial charge in [-0.05, 0) is 12.1 Å². The third kappa shape index (κ3) is 4.80. The molecule has 1 aromatic rings. The molecule has 21 heavy (non-hydrogen) atoms. The molecule has 1 rings (SSSR count). The van der Waals surface area contributed by atoms with E-state index in [0.29, 0.717) is 4.90 Å². The monoisotopic (exact) mass is 369 g/mol. The number of methoxy groups -OCH3 is 2. The number of hydrogen-bond acceptors (Lipinski definition) is 3. The molecular formula is C13H15BrF3NO3. The molecule has 8 heteroatoms. The Bertz CT molecular complexity index is 472. The highest BCUT2D eigenvalue weighted by molar-refractivity contribution is 9.09. The van der Waals surface area contributed by atoms with Gasteiger partial charge in [0.2, 0.25) is 0 Å². The molecule has 1 amide bonds. The smallest absolute Gasteiger partial charge is 0.406 e. The van der Waals surface area contributed by atoms with Crippen molar-refractivity contribution in [3.8, 4) is 11.5 Å². The van der Waals surface area contributed by atoms with Gasteiger partial charge in [0.1, 0.15) is 23.6 Å². The van der Waals surface area contributed by atoms with Gasteiger partial charge in [0.05, 0.1) is 14.2 Å². The van der Waals surface area contributed by atoms with Crippen molar-refractivity contribution < 1.29 is 27.4 Å². The second-order valence-corrected chi connectivity index (χ2v) is 4.86. The lowest BCUT2D eigenvalue weighted by Gasteiger charge is -2.24. The summed E-state index contributed by atoms with van der Waals surface area (Å²) in [5.74, 6) is -0.455. The number of hydrogen-bond donors (Lipinski definition) is 0. The molecule has 4 nitrogen and oxygen atoms in total. The van der Waals surface area contributed by atoms with Crippen LogP contribution in [0.3, 0.4) is 0 Å². The van der Waals surface area contributed by atoms with Crippen LogP contribution in [0.5, 0.6) is 11.5 Å². The Morgan fingerprint density at radius 1 is 1.24 bits per heavy atom. The fourth-order valence-corrected chi connectivity index (χ4v) is 2.22. The molecule has 0 N–H and O–H groups in total. The summed E-state index contributed by atoms with van der Waals surface area (Å²) in [6, 6.07) is 4.58. The molecule has 0 atom stereocenters. The number of alkyl halides is 4. The predicted octanol–water partition coefficient (Wildman–Crippen LogP) is 3.10. The number of rotatable bonds is 6. The summed E-state index contributed by atoms with van der Waals surface area (Å²) >= 11 is 3.05. The summed E-state index contributed by atoms with van der Waals surface area (Å²) in [6.45, 7) is -1.42. The minimum Gasteiger partial charge on any atom is -0.496 e. The molecule has 0 radical (unpaired) electrons. The summed E-state index contributed by atoms with van der Waals surface area (Å²) in [7, 11) is 2.67. The van der Waals surface area contributed by atoms with Gasteiger partial charge in [-0.3, -0.25) is 4.79 Å². The van der Waals surface area contributed by atoms with Gasteiger partial charge in [-0.15, -0.1) is 0 Å². The van der Waals surface area contributed by atoms with Gasteiger partial charge < -0.3 is 14.4 Å². The van der Waals surface area contributed by atoms with Crippen molar-refractivity contribution in [2.45, 2.75) is 6.18 Å². The van der Waals surface area contributed by atoms with Crippen LogP contribution in [0, 0.1) is 0 Å². The van der Waals surface area contributed by atoms with E-state index in [4.69, 9.17) is 9.47 Å². The van der Waals surface area contributed by atoms with Gasteiger partial charge in [-0.2, -0.15) is 13.2 Å². The molecule has 0 aromatic heterocycles. The van der Waals surface area contributed by atoms with Crippen LogP contribution >= 0.6 is 15.9 Å². The standard InChI is InChI=1S/C13H15BrF3NO3/c1-20-9-4-3-5-10(21-2)11(9)12(19)18(7-6-14)8-13(15,16)17/h3-5H,6-8H2,1-2H3. The minimum atomic E-state index is -4.48. The highest BCUT2D eigenvalue weighted by atomic mass is 79.9. The number of carbonyl (C=O) groups excluding carboxylic acids is 1. The summed E-state index contributed by atoms with van der Waals surface area (Å²) in [5, 5.41) is 0.228. The molecule has 118 valence electrons. The lowest BCUT2D eigenvalue weighted by molar-refractivity contribution is -0.140. The van der Waals surface area contributed by atoms with Crippen LogP contribution in [0.15, 0.2) is 18.2 Å². The van der Waals surface area contributed by atoms with Crippen LogP contribution in [0.1, 0.15) is 10.4 Å². The maximum absolute atomic E-state index is 12.6. The normalized spacial score (nSPS) is 11.1. The average Bonchev–Trinajstić information content (AvgIpc) is 2.43. The van der Waals surface area contributed by atoms with Gasteiger partial charge in [-0.1, -0.05) is 22.0 Å². The Labute approximate surface area is 128 Å². The third-order valence-electron chi connectivity index (χ3n) is 2.65. The Kier molecular flexibility index (Phi) is 6.32. The Balaban J connectivity index is 3.19. The summed E-state index contributed by atoms with van der Waals surface area (Å²) in [5.41, 5.74) is -0.0206. The maximum Gasteiger partial charge on any atom is 0.406 e. The molecule has 0 spiro atoms. The van der Waals surface area contributed by atoms with Crippen LogP contribution in [0.25, 0.3) is 0 Å². The molecule has 0 saturated heterocycles. The predicted molar refractivity (Wildman–Crippen MR) is 75.3 cm³/mol. The Hall–Kier alpha value is -1.44. The van der Waals surface area contributed by atoms with Crippen molar-refractivity contribution in [1.82, 2.24) is 4.90 Å². The summed E-state index contributed by atoms with van der Waals surface area (Å²) in [6.07, 6.45) is -4.48. The first-order chi connectivity index (χ1) is 9.84. The van der Waals surface area contributed by atoms with Gasteiger partial charge in [0.25, 0.3) is 5.91 Å². The van der Waals surface area contributed by atoms with E-state index in [9.17, 15) is 18.0 Å². The lowest BCUT2D eigenvalue weighted by Crippen LogP contribution is -2.40. The number of halogens is 4. The Morgan fingerprint density at radius 2 is 1.76 bits per heavy atom. The van der Waals surface area contributed by atoms with Crippen molar-refractivity contribution in [3.63, 3.8) is 0 Å². The fraction of sp³-hybridized carbons (Fsp3) is 0.462. The van der Waals surface area contributed by atoms with E-state index in [1.165, 1.54) is 26.4 Å². The molecule has 0 aliphatic heterocycles. The lowest BCUT2D eigenvalue weighted by atomic mass is 10.1. The quantitative estimate of drug-likeness (QED) is 0.723. The fourth-order valence-electron chi connectivity index (χ4n) is 1.79. The zero-order valence-corrected chi connectivity index (χ0v) is 13.1. The molecular weight excluding hydrogens is 355 g/mol. The molecule has 1 aromatic carbocycles. The highest BCUT2D eigenvalue weighted by Crippen LogP contribution is 2.30. The molecule has 0 aliphatic carbocycles. The van der Waals surface area contributed by atoms with E-state index in [-0.39, 0.29) is 28.9 Å². The zero-order valence-electron chi connectivity index (χ0n) is 11.5. The first kappa shape index (κ1) is 17.6. The summed E-state index contributed by atoms with van der Waals surface area (Å²) < 4.78 is 47.9. The SMILES string of the molecule is COc1cccc(OC)c1C(=O)N(CCBr)CC(F)(F)F. The number of nitrogens with zero attached hydrogens (tertiary/aromatic N) is 1. The molecule has 0 saturated carbocycles. The molecule has 0 heterocycles. The second-order valence-electron chi connectivity index (χ2n) is 4.07. The van der Waals surface area contributed by atoms with Crippen LogP contribution in [0.4, 0.5) is 13.2 Å². The van der Waals surface area contributed by atoms with E-state index in [1.54, 1.807) is 6.07 Å². The van der Waals surface area contributed by atoms with Crippen molar-refractivity contribution in [1.29, 1.82) is 0 Å². The number of carbonyl (C=O) groups is 1. The van der Waals surface area contributed by atoms with Crippen LogP contribution in [-0.4, -0.2) is 49.6 Å². The number of amides is 1. The zero-order chi connectivity index (χ0) is 16.0. The van der Waals surface area contributed by atoms with E-state index < -0.39 is 18.6 Å². The van der Waals surface area contributed by atoms with E-state index >= 15 is 0 Å². The largest absolute Gasteiger partial charge is 0.496 e. The topological polar surface area (TPSA) is 38.8 Å².